The highest BCUT2D eigenvalue weighted by molar-refractivity contribution is 9.11. The van der Waals surface area contributed by atoms with E-state index in [9.17, 15) is 35.9 Å². The van der Waals surface area contributed by atoms with Crippen LogP contribution in [0.25, 0.3) is 11.1 Å². The lowest BCUT2D eigenvalue weighted by molar-refractivity contribution is -0.138. The quantitative estimate of drug-likeness (QED) is 0.221. The Morgan fingerprint density at radius 3 is 0.948 bits per heavy atom. The summed E-state index contributed by atoms with van der Waals surface area (Å²) in [6.07, 6.45) is -0.911. The minimum Gasteiger partial charge on any atom is -0.289 e. The van der Waals surface area contributed by atoms with Crippen LogP contribution in [0.2, 0.25) is 0 Å². The van der Waals surface area contributed by atoms with E-state index in [1.165, 1.54) is 24.5 Å². The molecular weight excluding hydrogens is 890 g/mol. The average molecular weight is 937 g/mol. The van der Waals surface area contributed by atoms with Crippen LogP contribution >= 0.6 is 31.9 Å². The number of carbonyl (C=O) groups is 2. The van der Waals surface area contributed by atoms with E-state index in [0.29, 0.717) is 45.6 Å². The van der Waals surface area contributed by atoms with Crippen LogP contribution in [0.4, 0.5) is 37.7 Å². The molecule has 0 radical (unpaired) electrons. The van der Waals surface area contributed by atoms with Crippen LogP contribution in [0, 0.1) is 21.7 Å². The van der Waals surface area contributed by atoms with Crippen molar-refractivity contribution in [3.8, 4) is 11.1 Å². The van der Waals surface area contributed by atoms with E-state index >= 15 is 0 Å². The van der Waals surface area contributed by atoms with Gasteiger partial charge in [-0.05, 0) is 124 Å². The second-order valence-electron chi connectivity index (χ2n) is 18.3. The molecule has 0 aromatic heterocycles. The second-order valence-corrected chi connectivity index (χ2v) is 20.0. The SMILES string of the molecule is CC(C)(C)C1=CC(=C/N=N/c2c(Br)cc(-c3cc(Br)c(/N=N/C=C4C=C(C(C)(C)C)C(=O)C(C(C)(C)C)=C4)c(C(F)(F)F)c3)cc2C(F)(F)F)C=C(C(C)(C)C)C1=O. The topological polar surface area (TPSA) is 83.6 Å². The van der Waals surface area contributed by atoms with Crippen LogP contribution in [-0.2, 0) is 21.9 Å². The van der Waals surface area contributed by atoms with Crippen LogP contribution in [-0.4, -0.2) is 11.6 Å². The first kappa shape index (κ1) is 46.6. The number of azo groups is 2. The van der Waals surface area contributed by atoms with Crippen molar-refractivity contribution in [2.24, 2.45) is 42.1 Å². The van der Waals surface area contributed by atoms with E-state index in [1.54, 1.807) is 24.3 Å². The number of Topliss-reactive ketones (excluding diaryl/α,β-unsaturated/α-hetero) is 2. The summed E-state index contributed by atoms with van der Waals surface area (Å²) >= 11 is 6.29. The van der Waals surface area contributed by atoms with Crippen molar-refractivity contribution in [2.75, 3.05) is 0 Å². The van der Waals surface area contributed by atoms with Gasteiger partial charge in [0.05, 0.1) is 23.5 Å². The van der Waals surface area contributed by atoms with Gasteiger partial charge in [0, 0.05) is 31.2 Å². The third-order valence-corrected chi connectivity index (χ3v) is 10.5. The summed E-state index contributed by atoms with van der Waals surface area (Å²) in [6.45, 7) is 22.6. The minimum atomic E-state index is -4.98. The summed E-state index contributed by atoms with van der Waals surface area (Å²) in [7, 11) is 0. The van der Waals surface area contributed by atoms with Crippen LogP contribution in [0.1, 0.15) is 94.2 Å². The zero-order chi connectivity index (χ0) is 44.1. The van der Waals surface area contributed by atoms with E-state index in [0.717, 1.165) is 0 Å². The number of alkyl halides is 6. The van der Waals surface area contributed by atoms with Gasteiger partial charge in [0.1, 0.15) is 11.4 Å². The zero-order valence-corrected chi connectivity index (χ0v) is 37.6. The fraction of sp³-hybridized carbons (Fsp3) is 0.409. The van der Waals surface area contributed by atoms with Gasteiger partial charge >= 0.3 is 12.4 Å². The van der Waals surface area contributed by atoms with E-state index in [1.807, 2.05) is 83.1 Å². The predicted octanol–water partition coefficient (Wildman–Crippen LogP) is 15.9. The highest BCUT2D eigenvalue weighted by Crippen LogP contribution is 2.48. The van der Waals surface area contributed by atoms with Gasteiger partial charge in [-0.3, -0.25) is 9.59 Å². The fourth-order valence-electron chi connectivity index (χ4n) is 6.15. The smallest absolute Gasteiger partial charge is 0.289 e. The lowest BCUT2D eigenvalue weighted by Crippen LogP contribution is -2.27. The fourth-order valence-corrected chi connectivity index (χ4v) is 7.23. The van der Waals surface area contributed by atoms with E-state index in [-0.39, 0.29) is 31.6 Å². The maximum Gasteiger partial charge on any atom is 0.418 e. The first-order valence-corrected chi connectivity index (χ1v) is 19.8. The molecule has 58 heavy (non-hydrogen) atoms. The zero-order valence-electron chi connectivity index (χ0n) is 34.4. The Morgan fingerprint density at radius 2 is 0.724 bits per heavy atom. The van der Waals surface area contributed by atoms with Crippen molar-refractivity contribution in [1.82, 2.24) is 0 Å². The summed E-state index contributed by atoms with van der Waals surface area (Å²) in [5, 5.41) is 15.7. The molecule has 0 unspecified atom stereocenters. The maximum absolute atomic E-state index is 14.6. The summed E-state index contributed by atoms with van der Waals surface area (Å²) in [5.74, 6) is -0.254. The van der Waals surface area contributed by atoms with Crippen LogP contribution in [0.3, 0.4) is 0 Å². The molecular formula is C44H46Br2F6N4O2. The lowest BCUT2D eigenvalue weighted by atomic mass is 9.72. The Morgan fingerprint density at radius 1 is 0.466 bits per heavy atom. The summed E-state index contributed by atoms with van der Waals surface area (Å²) in [4.78, 5) is 26.5. The largest absolute Gasteiger partial charge is 0.418 e. The second kappa shape index (κ2) is 16.2. The molecule has 0 aliphatic heterocycles. The molecule has 0 atom stereocenters. The number of nitrogens with zero attached hydrogens (tertiary/aromatic N) is 4. The molecule has 0 N–H and O–H groups in total. The van der Waals surface area contributed by atoms with Crippen molar-refractivity contribution in [2.45, 2.75) is 95.4 Å². The number of ketones is 2. The van der Waals surface area contributed by atoms with Gasteiger partial charge in [-0.25, -0.2) is 0 Å². The van der Waals surface area contributed by atoms with Crippen molar-refractivity contribution in [1.29, 1.82) is 0 Å². The maximum atomic E-state index is 14.6. The van der Waals surface area contributed by atoms with Gasteiger partial charge in [-0.2, -0.15) is 36.6 Å². The summed E-state index contributed by atoms with van der Waals surface area (Å²) in [6, 6.07) is 3.86. The predicted molar refractivity (Wildman–Crippen MR) is 223 cm³/mol. The van der Waals surface area contributed by atoms with Gasteiger partial charge in [0.2, 0.25) is 0 Å². The third kappa shape index (κ3) is 10.8. The average Bonchev–Trinajstić information content (AvgIpc) is 3.03. The molecule has 0 saturated carbocycles. The number of carbonyl (C=O) groups excluding carboxylic acids is 2. The molecule has 2 aliphatic rings. The summed E-state index contributed by atoms with van der Waals surface area (Å²) < 4.78 is 87.1. The molecule has 0 bridgehead atoms. The van der Waals surface area contributed by atoms with Crippen molar-refractivity contribution in [3.63, 3.8) is 0 Å². The van der Waals surface area contributed by atoms with Gasteiger partial charge in [-0.1, -0.05) is 83.1 Å². The lowest BCUT2D eigenvalue weighted by Gasteiger charge is -2.31. The first-order valence-electron chi connectivity index (χ1n) is 18.2. The Balaban J connectivity index is 1.81. The Labute approximate surface area is 352 Å². The molecule has 2 aromatic carbocycles. The molecule has 0 saturated heterocycles. The molecule has 0 heterocycles. The van der Waals surface area contributed by atoms with Gasteiger partial charge in [0.25, 0.3) is 0 Å². The standard InChI is InChI=1S/C44H46Br2F6N4O2/c1-39(2,3)29-13-23(14-30(37(29)57)40(4,5)6)21-53-55-35-27(43(47,48)49)17-25(19-33(35)45)26-18-28(44(50,51)52)36(34(46)20-26)56-54-22-24-15-31(41(7,8)9)38(58)32(16-24)42(10,11)12/h13-22H,1-12H3/b55-53+,56-54+. The van der Waals surface area contributed by atoms with E-state index in [4.69, 9.17) is 0 Å². The Hall–Kier alpha value is -4.04. The number of halogens is 8. The van der Waals surface area contributed by atoms with Crippen LogP contribution in [0.5, 0.6) is 0 Å². The van der Waals surface area contributed by atoms with Crippen molar-refractivity contribution in [3.05, 3.63) is 114 Å². The molecule has 0 fully saturated rings. The molecule has 0 amide bonds. The molecule has 2 aliphatic carbocycles. The van der Waals surface area contributed by atoms with Crippen LogP contribution in [0.15, 0.2) is 124 Å². The Kier molecular flexibility index (Phi) is 13.0. The van der Waals surface area contributed by atoms with Crippen molar-refractivity contribution >= 4 is 54.8 Å². The number of allylic oxidation sites excluding steroid dienone is 10. The molecule has 14 heteroatoms. The van der Waals surface area contributed by atoms with Crippen LogP contribution < -0.4 is 0 Å². The minimum absolute atomic E-state index is 0.127. The Bertz CT molecular complexity index is 2060. The number of rotatable bonds is 5. The molecule has 6 nitrogen and oxygen atoms in total. The normalized spacial score (nSPS) is 16.6. The molecule has 310 valence electrons. The number of hydrogen-bond donors (Lipinski definition) is 0. The summed E-state index contributed by atoms with van der Waals surface area (Å²) in [5.41, 5.74) is -3.20. The van der Waals surface area contributed by atoms with Crippen molar-refractivity contribution < 1.29 is 35.9 Å². The van der Waals surface area contributed by atoms with Gasteiger partial charge < -0.3 is 0 Å². The monoisotopic (exact) mass is 934 g/mol. The highest BCUT2D eigenvalue weighted by atomic mass is 79.9. The first-order chi connectivity index (χ1) is 26.2. The van der Waals surface area contributed by atoms with E-state index in [2.05, 4.69) is 52.3 Å². The van der Waals surface area contributed by atoms with E-state index < -0.39 is 56.5 Å². The number of hydrogen-bond acceptors (Lipinski definition) is 6. The van der Waals surface area contributed by atoms with Gasteiger partial charge in [-0.15, -0.1) is 10.2 Å². The molecule has 0 spiro atoms. The van der Waals surface area contributed by atoms with Gasteiger partial charge in [0.15, 0.2) is 11.6 Å². The highest BCUT2D eigenvalue weighted by Gasteiger charge is 2.39. The number of benzene rings is 2. The molecule has 2 aromatic rings. The molecule has 4 rings (SSSR count). The third-order valence-electron chi connectivity index (χ3n) is 9.25.